The third-order valence-corrected chi connectivity index (χ3v) is 5.67. The first-order valence-corrected chi connectivity index (χ1v) is 10.2. The molecule has 2 aromatic rings. The van der Waals surface area contributed by atoms with Crippen LogP contribution in [0.5, 0.6) is 0 Å². The molecule has 0 bridgehead atoms. The van der Waals surface area contributed by atoms with Gasteiger partial charge in [0.15, 0.2) is 9.84 Å². The second-order valence-corrected chi connectivity index (χ2v) is 8.50. The Labute approximate surface area is 152 Å². The van der Waals surface area contributed by atoms with Crippen molar-refractivity contribution in [2.45, 2.75) is 4.90 Å². The quantitative estimate of drug-likeness (QED) is 0.824. The van der Waals surface area contributed by atoms with Crippen LogP contribution >= 0.6 is 11.6 Å². The van der Waals surface area contributed by atoms with E-state index < -0.39 is 9.84 Å². The van der Waals surface area contributed by atoms with Gasteiger partial charge in [0.05, 0.1) is 4.90 Å². The fourth-order valence-corrected chi connectivity index (χ4v) is 3.60. The molecule has 1 aliphatic heterocycles. The van der Waals surface area contributed by atoms with Crippen molar-refractivity contribution in [1.29, 1.82) is 0 Å². The Balaban J connectivity index is 1.64. The van der Waals surface area contributed by atoms with Crippen LogP contribution in [-0.4, -0.2) is 51.7 Å². The highest BCUT2D eigenvalue weighted by Gasteiger charge is 2.22. The zero-order chi connectivity index (χ0) is 18.0. The third kappa shape index (κ3) is 4.14. The molecule has 0 spiro atoms. The van der Waals surface area contributed by atoms with Crippen molar-refractivity contribution >= 4 is 33.0 Å². The first-order chi connectivity index (χ1) is 11.8. The summed E-state index contributed by atoms with van der Waals surface area (Å²) in [5, 5.41) is 0.704. The van der Waals surface area contributed by atoms with Crippen LogP contribution in [0.3, 0.4) is 0 Å². The molecule has 0 N–H and O–H groups in total. The highest BCUT2D eigenvalue weighted by molar-refractivity contribution is 7.90. The van der Waals surface area contributed by atoms with Crippen molar-refractivity contribution in [3.05, 3.63) is 59.1 Å². The van der Waals surface area contributed by atoms with Gasteiger partial charge in [0, 0.05) is 48.7 Å². The normalized spacial score (nSPS) is 15.3. The van der Waals surface area contributed by atoms with Crippen molar-refractivity contribution in [2.75, 3.05) is 37.3 Å². The minimum atomic E-state index is -3.25. The van der Waals surface area contributed by atoms with E-state index in [4.69, 9.17) is 11.6 Å². The Morgan fingerprint density at radius 1 is 0.920 bits per heavy atom. The van der Waals surface area contributed by atoms with Gasteiger partial charge in [-0.05, 0) is 48.5 Å². The lowest BCUT2D eigenvalue weighted by atomic mass is 10.1. The Kier molecular flexibility index (Phi) is 5.01. The number of carbonyl (C=O) groups excluding carboxylic acids is 1. The number of benzene rings is 2. The van der Waals surface area contributed by atoms with Crippen molar-refractivity contribution in [1.82, 2.24) is 4.90 Å². The van der Waals surface area contributed by atoms with Gasteiger partial charge in [-0.15, -0.1) is 0 Å². The zero-order valence-corrected chi connectivity index (χ0v) is 15.4. The number of sulfone groups is 1. The molecule has 0 aliphatic carbocycles. The molecule has 1 aliphatic rings. The molecular weight excluding hydrogens is 360 g/mol. The van der Waals surface area contributed by atoms with Gasteiger partial charge in [0.2, 0.25) is 0 Å². The average Bonchev–Trinajstić information content (AvgIpc) is 2.61. The predicted octanol–water partition coefficient (Wildman–Crippen LogP) is 2.71. The number of carbonyl (C=O) groups is 1. The van der Waals surface area contributed by atoms with Crippen LogP contribution in [-0.2, 0) is 9.84 Å². The molecule has 25 heavy (non-hydrogen) atoms. The van der Waals surface area contributed by atoms with Crippen LogP contribution in [0.25, 0.3) is 0 Å². The van der Waals surface area contributed by atoms with Gasteiger partial charge in [-0.3, -0.25) is 4.79 Å². The molecule has 0 atom stereocenters. The van der Waals surface area contributed by atoms with Crippen molar-refractivity contribution < 1.29 is 13.2 Å². The molecule has 1 heterocycles. The number of hydrogen-bond donors (Lipinski definition) is 0. The van der Waals surface area contributed by atoms with E-state index in [9.17, 15) is 13.2 Å². The minimum Gasteiger partial charge on any atom is -0.368 e. The highest BCUT2D eigenvalue weighted by atomic mass is 35.5. The molecule has 1 saturated heterocycles. The Hall–Kier alpha value is -2.05. The van der Waals surface area contributed by atoms with E-state index >= 15 is 0 Å². The number of piperazine rings is 1. The molecule has 0 aromatic heterocycles. The van der Waals surface area contributed by atoms with Crippen LogP contribution in [0.2, 0.25) is 5.02 Å². The molecule has 0 unspecified atom stereocenters. The molecular formula is C18H19ClN2O3S. The van der Waals surface area contributed by atoms with E-state index in [-0.39, 0.29) is 10.8 Å². The first kappa shape index (κ1) is 17.8. The first-order valence-electron chi connectivity index (χ1n) is 7.94. The average molecular weight is 379 g/mol. The van der Waals surface area contributed by atoms with E-state index in [0.29, 0.717) is 23.7 Å². The van der Waals surface area contributed by atoms with Crippen molar-refractivity contribution in [2.24, 2.45) is 0 Å². The number of hydrogen-bond acceptors (Lipinski definition) is 4. The lowest BCUT2D eigenvalue weighted by Crippen LogP contribution is -2.48. The number of amides is 1. The summed E-state index contributed by atoms with van der Waals surface area (Å²) in [5.74, 6) is -0.0733. The standard InChI is InChI=1S/C18H19ClN2O3S/c1-25(23,24)17-8-2-14(3-9-17)18(22)21-12-10-20(11-13-21)16-6-4-15(19)5-7-16/h2-9H,10-13H2,1H3. The molecule has 2 aromatic carbocycles. The lowest BCUT2D eigenvalue weighted by Gasteiger charge is -2.36. The van der Waals surface area contributed by atoms with Gasteiger partial charge < -0.3 is 9.80 Å². The van der Waals surface area contributed by atoms with E-state index in [1.54, 1.807) is 17.0 Å². The summed E-state index contributed by atoms with van der Waals surface area (Å²) in [6.45, 7) is 2.73. The monoisotopic (exact) mass is 378 g/mol. The van der Waals surface area contributed by atoms with Crippen LogP contribution in [0.15, 0.2) is 53.4 Å². The Morgan fingerprint density at radius 2 is 1.48 bits per heavy atom. The van der Waals surface area contributed by atoms with Gasteiger partial charge >= 0.3 is 0 Å². The summed E-state index contributed by atoms with van der Waals surface area (Å²) >= 11 is 5.91. The molecule has 132 valence electrons. The van der Waals surface area contributed by atoms with Crippen molar-refractivity contribution in [3.63, 3.8) is 0 Å². The van der Waals surface area contributed by atoms with Crippen LogP contribution < -0.4 is 4.90 Å². The molecule has 0 radical (unpaired) electrons. The van der Waals surface area contributed by atoms with Gasteiger partial charge in [-0.25, -0.2) is 8.42 Å². The van der Waals surface area contributed by atoms with E-state index in [1.807, 2.05) is 24.3 Å². The number of rotatable bonds is 3. The summed E-state index contributed by atoms with van der Waals surface area (Å²) in [5.41, 5.74) is 1.60. The highest BCUT2D eigenvalue weighted by Crippen LogP contribution is 2.20. The smallest absolute Gasteiger partial charge is 0.253 e. The summed E-state index contributed by atoms with van der Waals surface area (Å²) in [7, 11) is -3.25. The molecule has 1 fully saturated rings. The van der Waals surface area contributed by atoms with E-state index in [1.165, 1.54) is 12.1 Å². The van der Waals surface area contributed by atoms with Crippen LogP contribution in [0.1, 0.15) is 10.4 Å². The third-order valence-electron chi connectivity index (χ3n) is 4.29. The van der Waals surface area contributed by atoms with Gasteiger partial charge in [0.25, 0.3) is 5.91 Å². The summed E-state index contributed by atoms with van der Waals surface area (Å²) in [6.07, 6.45) is 1.15. The molecule has 3 rings (SSSR count). The minimum absolute atomic E-state index is 0.0733. The number of anilines is 1. The molecule has 7 heteroatoms. The van der Waals surface area contributed by atoms with Gasteiger partial charge in [0.1, 0.15) is 0 Å². The summed E-state index contributed by atoms with van der Waals surface area (Å²) < 4.78 is 23.0. The fourth-order valence-electron chi connectivity index (χ4n) is 2.85. The second kappa shape index (κ2) is 7.06. The van der Waals surface area contributed by atoms with Crippen LogP contribution in [0.4, 0.5) is 5.69 Å². The van der Waals surface area contributed by atoms with Gasteiger partial charge in [-0.2, -0.15) is 0 Å². The van der Waals surface area contributed by atoms with E-state index in [0.717, 1.165) is 25.0 Å². The SMILES string of the molecule is CS(=O)(=O)c1ccc(C(=O)N2CCN(c3ccc(Cl)cc3)CC2)cc1. The molecule has 0 saturated carbocycles. The maximum absolute atomic E-state index is 12.6. The van der Waals surface area contributed by atoms with Crippen molar-refractivity contribution in [3.8, 4) is 0 Å². The summed E-state index contributed by atoms with van der Waals surface area (Å²) in [6, 6.07) is 13.8. The fraction of sp³-hybridized carbons (Fsp3) is 0.278. The number of halogens is 1. The maximum atomic E-state index is 12.6. The molecule has 1 amide bonds. The number of nitrogens with zero attached hydrogens (tertiary/aromatic N) is 2. The second-order valence-electron chi connectivity index (χ2n) is 6.05. The zero-order valence-electron chi connectivity index (χ0n) is 13.9. The molecule has 5 nitrogen and oxygen atoms in total. The predicted molar refractivity (Wildman–Crippen MR) is 99.1 cm³/mol. The lowest BCUT2D eigenvalue weighted by molar-refractivity contribution is 0.0746. The Bertz CT molecular complexity index is 856. The largest absolute Gasteiger partial charge is 0.368 e. The topological polar surface area (TPSA) is 57.7 Å². The summed E-state index contributed by atoms with van der Waals surface area (Å²) in [4.78, 5) is 16.8. The Morgan fingerprint density at radius 3 is 2.00 bits per heavy atom. The maximum Gasteiger partial charge on any atom is 0.253 e. The van der Waals surface area contributed by atoms with Gasteiger partial charge in [-0.1, -0.05) is 11.6 Å². The van der Waals surface area contributed by atoms with Crippen LogP contribution in [0, 0.1) is 0 Å². The van der Waals surface area contributed by atoms with E-state index in [2.05, 4.69) is 4.90 Å².